The van der Waals surface area contributed by atoms with Gasteiger partial charge in [-0.25, -0.2) is 19.3 Å². The number of rotatable bonds is 26. The molecule has 2 fully saturated rings. The quantitative estimate of drug-likeness (QED) is 0.0155. The number of amides is 3. The van der Waals surface area contributed by atoms with Gasteiger partial charge < -0.3 is 96.6 Å². The average Bonchev–Trinajstić information content (AvgIpc) is 1.50. The summed E-state index contributed by atoms with van der Waals surface area (Å²) in [7, 11) is -3.84. The van der Waals surface area contributed by atoms with E-state index >= 15 is 0 Å². The molecule has 8 N–H and O–H groups in total. The summed E-state index contributed by atoms with van der Waals surface area (Å²) in [5, 5.41) is 93.6. The van der Waals surface area contributed by atoms with E-state index in [4.69, 9.17) is 51.2 Å². The Hall–Kier alpha value is -7.94. The second kappa shape index (κ2) is 27.0. The van der Waals surface area contributed by atoms with E-state index in [-0.39, 0.29) is 100 Å². The predicted octanol–water partition coefficient (Wildman–Crippen LogP) is -2.80. The molecule has 0 saturated carbocycles. The van der Waals surface area contributed by atoms with E-state index < -0.39 is 131 Å². The van der Waals surface area contributed by atoms with Crippen LogP contribution in [0.2, 0.25) is 0 Å². The molecule has 11 rings (SSSR count). The molecule has 5 aromatic rings. The SMILES string of the molecule is CC[C@@]1(O)C(=O)OCc2c1cc1n(c2=O)Cc2c-1nc1cc(OS(=O)(=O)Oc3cc(C(=O)N(C)CCOCCOCCOCCn4cc(CN5C(=O)C=CC5=O)nn4)ccc3O[C@@H]3O[C@H](COC4O[C@H](C(=O)O)[C@@H](O)[C@H](O)[C@H]4O)[C@@H](O)[C@H](O)[C@H]3O)cc3c1c2CCC3. The summed E-state index contributed by atoms with van der Waals surface area (Å²) in [5.41, 5.74) is 1.15. The first-order valence-electron chi connectivity index (χ1n) is 29.2. The molecule has 3 aromatic heterocycles. The Balaban J connectivity index is 0.768. The number of ether oxygens (including phenoxy) is 8. The number of nitrogens with zero attached hydrogens (tertiary/aromatic N) is 7. The number of fused-ring (bicyclic) bond motifs is 5. The Morgan fingerprint density at radius 1 is 0.793 bits per heavy atom. The number of carboxylic acid groups (broad SMARTS) is 1. The van der Waals surface area contributed by atoms with Crippen LogP contribution < -0.4 is 18.7 Å². The second-order valence-electron chi connectivity index (χ2n) is 22.4. The minimum Gasteiger partial charge on any atom is -0.479 e. The summed E-state index contributed by atoms with van der Waals surface area (Å²) < 4.78 is 87.0. The summed E-state index contributed by atoms with van der Waals surface area (Å²) >= 11 is 0. The van der Waals surface area contributed by atoms with E-state index in [2.05, 4.69) is 10.3 Å². The van der Waals surface area contributed by atoms with Crippen molar-refractivity contribution >= 4 is 51.0 Å². The fourth-order valence-electron chi connectivity index (χ4n) is 11.5. The van der Waals surface area contributed by atoms with Crippen molar-refractivity contribution in [1.82, 2.24) is 34.3 Å². The lowest BCUT2D eigenvalue weighted by atomic mass is 9.85. The maximum Gasteiger partial charge on any atom is 0.501 e. The van der Waals surface area contributed by atoms with Crippen molar-refractivity contribution in [2.24, 2.45) is 0 Å². The lowest BCUT2D eigenvalue weighted by Crippen LogP contribution is -2.62. The number of aliphatic carboxylic acids is 1. The largest absolute Gasteiger partial charge is 0.501 e. The zero-order valence-electron chi connectivity index (χ0n) is 49.2. The molecule has 0 radical (unpaired) electrons. The third-order valence-corrected chi connectivity index (χ3v) is 17.3. The highest BCUT2D eigenvalue weighted by Crippen LogP contribution is 2.44. The minimum absolute atomic E-state index is 0.00592. The average molecular weight is 1310 g/mol. The second-order valence-corrected chi connectivity index (χ2v) is 23.6. The Morgan fingerprint density at radius 3 is 2.23 bits per heavy atom. The fraction of sp³-hybridized carbons (Fsp3) is 0.500. The number of hydrogen-bond acceptors (Lipinski definition) is 28. The monoisotopic (exact) mass is 1310 g/mol. The molecule has 92 heavy (non-hydrogen) atoms. The highest BCUT2D eigenvalue weighted by Gasteiger charge is 2.51. The lowest BCUT2D eigenvalue weighted by molar-refractivity contribution is -0.318. The van der Waals surface area contributed by atoms with Crippen molar-refractivity contribution in [3.05, 3.63) is 104 Å². The number of aryl methyl sites for hydroxylation is 2. The molecular formula is C58H65N7O26S. The van der Waals surface area contributed by atoms with E-state index in [9.17, 15) is 78.0 Å². The van der Waals surface area contributed by atoms with Crippen LogP contribution in [-0.2, 0) is 107 Å². The first kappa shape index (κ1) is 65.5. The van der Waals surface area contributed by atoms with Gasteiger partial charge in [-0.2, -0.15) is 0 Å². The number of hydrogen-bond donors (Lipinski definition) is 8. The van der Waals surface area contributed by atoms with E-state index in [1.807, 2.05) is 0 Å². The van der Waals surface area contributed by atoms with Crippen LogP contribution in [0.4, 0.5) is 0 Å². The fourth-order valence-corrected chi connectivity index (χ4v) is 12.3. The molecule has 8 heterocycles. The molecule has 0 spiro atoms. The highest BCUT2D eigenvalue weighted by atomic mass is 32.3. The molecule has 2 aromatic carbocycles. The number of esters is 1. The zero-order valence-corrected chi connectivity index (χ0v) is 50.1. The van der Waals surface area contributed by atoms with Crippen molar-refractivity contribution in [2.75, 3.05) is 59.8 Å². The molecule has 11 atom stereocenters. The third kappa shape index (κ3) is 13.2. The molecule has 3 amide bonds. The van der Waals surface area contributed by atoms with Gasteiger partial charge in [0.2, 0.25) is 6.29 Å². The number of imide groups is 1. The number of pyridine rings is 2. The first-order valence-corrected chi connectivity index (χ1v) is 30.5. The summed E-state index contributed by atoms with van der Waals surface area (Å²) in [6.45, 7) is 1.94. The van der Waals surface area contributed by atoms with E-state index in [1.54, 1.807) is 19.2 Å². The molecule has 1 unspecified atom stereocenters. The minimum atomic E-state index is -5.28. The van der Waals surface area contributed by atoms with Crippen molar-refractivity contribution in [3.63, 3.8) is 0 Å². The van der Waals surface area contributed by atoms with Gasteiger partial charge in [-0.1, -0.05) is 12.1 Å². The molecule has 33 nitrogen and oxygen atoms in total. The lowest BCUT2D eigenvalue weighted by Gasteiger charge is -2.42. The number of carbonyl (C=O) groups excluding carboxylic acids is 4. The number of aliphatic hydroxyl groups excluding tert-OH is 6. The summed E-state index contributed by atoms with van der Waals surface area (Å²) in [4.78, 5) is 83.4. The van der Waals surface area contributed by atoms with Gasteiger partial charge in [0.05, 0.1) is 94.5 Å². The molecule has 6 aliphatic rings. The molecule has 494 valence electrons. The van der Waals surface area contributed by atoms with Crippen molar-refractivity contribution in [3.8, 4) is 28.6 Å². The predicted molar refractivity (Wildman–Crippen MR) is 305 cm³/mol. The van der Waals surface area contributed by atoms with Crippen LogP contribution in [0.15, 0.2) is 59.5 Å². The number of likely N-dealkylation sites (N-methyl/N-ethyl adjacent to an activating group) is 1. The van der Waals surface area contributed by atoms with Crippen LogP contribution >= 0.6 is 0 Å². The number of cyclic esters (lactones) is 1. The maximum atomic E-state index is 14.3. The van der Waals surface area contributed by atoms with Crippen LogP contribution in [-0.4, -0.2) is 235 Å². The summed E-state index contributed by atoms with van der Waals surface area (Å²) in [6.07, 6.45) is -14.5. The van der Waals surface area contributed by atoms with Gasteiger partial charge in [-0.3, -0.25) is 24.1 Å². The number of carbonyl (C=O) groups is 5. The zero-order chi connectivity index (χ0) is 65.5. The van der Waals surface area contributed by atoms with Crippen LogP contribution in [0, 0.1) is 0 Å². The number of aromatic nitrogens is 5. The van der Waals surface area contributed by atoms with Crippen molar-refractivity contribution in [2.45, 2.75) is 126 Å². The first-order chi connectivity index (χ1) is 43.9. The topological polar surface area (TPSA) is 446 Å². The normalized spacial score (nSPS) is 25.8. The number of benzene rings is 2. The highest BCUT2D eigenvalue weighted by molar-refractivity contribution is 7.82. The molecule has 34 heteroatoms. The van der Waals surface area contributed by atoms with Gasteiger partial charge in [0.25, 0.3) is 23.3 Å². The van der Waals surface area contributed by atoms with Crippen LogP contribution in [0.5, 0.6) is 17.2 Å². The van der Waals surface area contributed by atoms with Gasteiger partial charge in [0, 0.05) is 53.9 Å². The Labute approximate surface area is 521 Å². The van der Waals surface area contributed by atoms with Crippen LogP contribution in [0.25, 0.3) is 22.3 Å². The van der Waals surface area contributed by atoms with E-state index in [0.29, 0.717) is 53.8 Å². The van der Waals surface area contributed by atoms with Crippen LogP contribution in [0.1, 0.15) is 63.6 Å². The molecule has 5 aliphatic heterocycles. The van der Waals surface area contributed by atoms with Gasteiger partial charge in [-0.05, 0) is 67.1 Å². The van der Waals surface area contributed by atoms with Gasteiger partial charge >= 0.3 is 22.3 Å². The van der Waals surface area contributed by atoms with Gasteiger partial charge in [0.15, 0.2) is 29.5 Å². The Kier molecular flexibility index (Phi) is 19.2. The molecule has 0 bridgehead atoms. The molecular weight excluding hydrogens is 1240 g/mol. The van der Waals surface area contributed by atoms with Gasteiger partial charge in [-0.15, -0.1) is 13.5 Å². The van der Waals surface area contributed by atoms with E-state index in [1.165, 1.54) is 51.5 Å². The number of carboxylic acids is 1. The number of aliphatic hydroxyl groups is 7. The van der Waals surface area contributed by atoms with Crippen LogP contribution in [0.3, 0.4) is 0 Å². The third-order valence-electron chi connectivity index (χ3n) is 16.5. The summed E-state index contributed by atoms with van der Waals surface area (Å²) in [6, 6.07) is 7.66. The standard InChI is InChI=1S/C58H65N7O26S/c1-3-58(79)35-22-37-44-33(25-64(37)53(75)34(35)26-86-57(58)78)32-6-4-5-28-19-31(21-36(59-44)43(28)32)90-92(80,81)91-39-20-29(7-8-38(39)87-56-50(73)46(69)45(68)40(88-56)27-85-55-49(72)47(70)48(71)51(89-55)54(76)77)52(74)62(2)11-13-82-15-17-84-18-16-83-14-12-63-23-30(60-61-63)24-65-41(66)9-10-42(65)67/h7-10,19-23,40,45-51,55-56,68-73,79H,3-6,11-18,24-27H2,1-2H3,(H,76,77)/t40-,45-,46+,47+,48+,49-,50-,51+,55?,56-,58+/m1/s1. The Morgan fingerprint density at radius 2 is 1.50 bits per heavy atom. The van der Waals surface area contributed by atoms with Gasteiger partial charge in [0.1, 0.15) is 60.8 Å². The Bertz CT molecular complexity index is 3880. The molecule has 1 aliphatic carbocycles. The summed E-state index contributed by atoms with van der Waals surface area (Å²) in [5.74, 6) is -5.70. The van der Waals surface area contributed by atoms with E-state index in [0.717, 1.165) is 28.2 Å². The van der Waals surface area contributed by atoms with Crippen molar-refractivity contribution < 1.29 is 120 Å². The molecule has 2 saturated heterocycles. The maximum absolute atomic E-state index is 14.3. The smallest absolute Gasteiger partial charge is 0.479 e. The van der Waals surface area contributed by atoms with Crippen molar-refractivity contribution in [1.29, 1.82) is 0 Å².